The third kappa shape index (κ3) is 9.59. The number of nitrogen functional groups attached to an aromatic ring is 1. The molecule has 0 bridgehead atoms. The summed E-state index contributed by atoms with van der Waals surface area (Å²) in [7, 11) is 5.32. The molecule has 0 aliphatic carbocycles. The van der Waals surface area contributed by atoms with Crippen LogP contribution in [0.15, 0.2) is 61.4 Å². The van der Waals surface area contributed by atoms with Gasteiger partial charge in [-0.15, -0.1) is 0 Å². The van der Waals surface area contributed by atoms with E-state index in [9.17, 15) is 18.0 Å². The van der Waals surface area contributed by atoms with E-state index in [4.69, 9.17) is 16.3 Å². The van der Waals surface area contributed by atoms with Gasteiger partial charge in [0.2, 0.25) is 0 Å². The number of benzene rings is 2. The van der Waals surface area contributed by atoms with E-state index < -0.39 is 17.6 Å². The van der Waals surface area contributed by atoms with Gasteiger partial charge in [0.1, 0.15) is 0 Å². The number of carbonyl (C=O) groups is 1. The number of rotatable bonds is 9. The number of hydrogen-bond donors (Lipinski definition) is 4. The Morgan fingerprint density at radius 1 is 1.05 bits per heavy atom. The zero-order chi connectivity index (χ0) is 32.4. The van der Waals surface area contributed by atoms with E-state index in [1.807, 2.05) is 38.2 Å². The summed E-state index contributed by atoms with van der Waals surface area (Å²) < 4.78 is 46.2. The van der Waals surface area contributed by atoms with Crippen molar-refractivity contribution in [1.29, 1.82) is 0 Å². The number of ether oxygens (including phenoxy) is 1. The molecule has 2 aromatic carbocycles. The van der Waals surface area contributed by atoms with E-state index in [0.29, 0.717) is 24.5 Å². The number of hydrogen-bond acceptors (Lipinski definition) is 9. The molecular weight excluding hydrogens is 573 g/mol. The number of halogens is 3. The van der Waals surface area contributed by atoms with Crippen LogP contribution in [0.1, 0.15) is 27.0 Å². The fraction of sp³-hybridized carbons (Fsp3) is 0.355. The van der Waals surface area contributed by atoms with Crippen LogP contribution in [0, 0.1) is 6.92 Å². The second-order valence-electron chi connectivity index (χ2n) is 10.6. The second-order valence-corrected chi connectivity index (χ2v) is 10.6. The van der Waals surface area contributed by atoms with Gasteiger partial charge in [0, 0.05) is 67.6 Å². The van der Waals surface area contributed by atoms with E-state index in [2.05, 4.69) is 27.2 Å². The first-order valence-electron chi connectivity index (χ1n) is 14.0. The van der Waals surface area contributed by atoms with Crippen molar-refractivity contribution in [2.45, 2.75) is 13.1 Å². The molecule has 6 N–H and O–H groups in total. The number of likely N-dealkylation sites (N-methyl/N-ethyl adjacent to an activating group) is 2. The van der Waals surface area contributed by atoms with Gasteiger partial charge in [-0.05, 0) is 63.0 Å². The number of morpholine rings is 1. The normalized spacial score (nSPS) is 13.2. The van der Waals surface area contributed by atoms with Gasteiger partial charge in [-0.25, -0.2) is 0 Å². The molecule has 13 heteroatoms. The lowest BCUT2D eigenvalue weighted by Gasteiger charge is -2.28. The fourth-order valence-corrected chi connectivity index (χ4v) is 4.36. The summed E-state index contributed by atoms with van der Waals surface area (Å²) in [4.78, 5) is 22.3. The maximum Gasteiger partial charge on any atom is 0.418 e. The summed E-state index contributed by atoms with van der Waals surface area (Å²) in [6, 6.07) is 10.6. The van der Waals surface area contributed by atoms with Gasteiger partial charge in [-0.1, -0.05) is 12.6 Å². The van der Waals surface area contributed by atoms with Crippen molar-refractivity contribution in [2.75, 3.05) is 81.1 Å². The van der Waals surface area contributed by atoms with Crippen LogP contribution in [-0.2, 0) is 10.9 Å². The Morgan fingerprint density at radius 3 is 2.36 bits per heavy atom. The Bertz CT molecular complexity index is 1430. The van der Waals surface area contributed by atoms with Crippen molar-refractivity contribution in [3.63, 3.8) is 0 Å². The van der Waals surface area contributed by atoms with Crippen LogP contribution in [0.5, 0.6) is 0 Å². The Labute approximate surface area is 256 Å². The molecule has 0 spiro atoms. The first-order chi connectivity index (χ1) is 20.8. The van der Waals surface area contributed by atoms with Gasteiger partial charge in [-0.2, -0.15) is 13.2 Å². The van der Waals surface area contributed by atoms with Gasteiger partial charge in [-0.3, -0.25) is 15.6 Å². The number of nitrogens with one attached hydrogen (secondary N) is 2. The summed E-state index contributed by atoms with van der Waals surface area (Å²) >= 11 is 0. The predicted molar refractivity (Wildman–Crippen MR) is 171 cm³/mol. The molecule has 10 nitrogen and oxygen atoms in total. The van der Waals surface area contributed by atoms with E-state index in [1.54, 1.807) is 36.3 Å². The minimum atomic E-state index is -4.55. The topological polar surface area (TPSA) is 125 Å². The number of alkyl halides is 3. The number of hydrazine groups is 1. The monoisotopic (exact) mass is 614 g/mol. The highest BCUT2D eigenvalue weighted by Crippen LogP contribution is 2.38. The summed E-state index contributed by atoms with van der Waals surface area (Å²) in [5.41, 5.74) is 11.7. The number of pyridine rings is 1. The number of nitrogens with two attached hydrogens (primary N) is 2. The van der Waals surface area contributed by atoms with Crippen molar-refractivity contribution in [2.24, 2.45) is 11.6 Å². The number of aromatic nitrogens is 1. The highest BCUT2D eigenvalue weighted by atomic mass is 19.4. The molecule has 238 valence electrons. The molecule has 1 amide bonds. The van der Waals surface area contributed by atoms with Gasteiger partial charge in [0.05, 0.1) is 36.3 Å². The third-order valence-corrected chi connectivity index (χ3v) is 6.98. The lowest BCUT2D eigenvalue weighted by molar-refractivity contribution is -0.137. The van der Waals surface area contributed by atoms with Crippen LogP contribution in [0.3, 0.4) is 0 Å². The molecule has 1 aliphatic rings. The van der Waals surface area contributed by atoms with Crippen LogP contribution < -0.4 is 32.1 Å². The molecule has 1 fully saturated rings. The SMILES string of the molecule is C=C(N)c1cncc(N2CCOCC2)c1.Cc1ccc(C(=O)Nc2ccc(N(C)CCN(C)C)c(C(F)(F)F)c2)cc1NN. The highest BCUT2D eigenvalue weighted by Gasteiger charge is 2.35. The zero-order valence-electron chi connectivity index (χ0n) is 25.5. The van der Waals surface area contributed by atoms with Crippen molar-refractivity contribution in [3.05, 3.63) is 83.7 Å². The average molecular weight is 615 g/mol. The highest BCUT2D eigenvalue weighted by molar-refractivity contribution is 6.05. The number of carbonyl (C=O) groups excluding carboxylic acids is 1. The summed E-state index contributed by atoms with van der Waals surface area (Å²) in [6.45, 7) is 9.92. The fourth-order valence-electron chi connectivity index (χ4n) is 4.36. The van der Waals surface area contributed by atoms with E-state index in [-0.39, 0.29) is 16.9 Å². The first kappa shape index (κ1) is 34.2. The standard InChI is InChI=1S/C20H26F3N5O.C11H15N3O/c1-13-5-6-14(11-17(13)26-24)19(29)25-15-7-8-18(16(12-15)20(21,22)23)28(4)10-9-27(2)3;1-9(12)10-6-11(8-13-7-10)14-2-4-15-5-3-14/h5-8,11-12,26H,9-10,24H2,1-4H3,(H,25,29);6-8H,1-5,12H2. The number of nitrogens with zero attached hydrogens (tertiary/aromatic N) is 4. The van der Waals surface area contributed by atoms with Crippen LogP contribution >= 0.6 is 0 Å². The minimum Gasteiger partial charge on any atom is -0.399 e. The molecular formula is C31H41F3N8O2. The maximum absolute atomic E-state index is 13.6. The number of anilines is 4. The molecule has 1 aliphatic heterocycles. The number of aryl methyl sites for hydroxylation is 1. The van der Waals surface area contributed by atoms with Gasteiger partial charge in [0.25, 0.3) is 5.91 Å². The molecule has 3 aromatic rings. The van der Waals surface area contributed by atoms with Gasteiger partial charge < -0.3 is 35.9 Å². The average Bonchev–Trinajstić information content (AvgIpc) is 3.00. The second kappa shape index (κ2) is 15.4. The smallest absolute Gasteiger partial charge is 0.399 e. The molecule has 4 rings (SSSR count). The maximum atomic E-state index is 13.6. The molecule has 0 atom stereocenters. The van der Waals surface area contributed by atoms with E-state index in [0.717, 1.165) is 49.2 Å². The van der Waals surface area contributed by atoms with Crippen molar-refractivity contribution >= 4 is 34.4 Å². The van der Waals surface area contributed by atoms with E-state index >= 15 is 0 Å². The Morgan fingerprint density at radius 2 is 1.75 bits per heavy atom. The summed E-state index contributed by atoms with van der Waals surface area (Å²) in [5.74, 6) is 4.89. The summed E-state index contributed by atoms with van der Waals surface area (Å²) in [5, 5.41) is 2.52. The molecule has 0 radical (unpaired) electrons. The third-order valence-electron chi connectivity index (χ3n) is 6.98. The first-order valence-corrected chi connectivity index (χ1v) is 14.0. The number of amides is 1. The lowest BCUT2D eigenvalue weighted by Crippen LogP contribution is -2.36. The van der Waals surface area contributed by atoms with Crippen molar-refractivity contribution < 1.29 is 22.7 Å². The Kier molecular flexibility index (Phi) is 12.0. The van der Waals surface area contributed by atoms with Crippen LogP contribution in [0.4, 0.5) is 35.9 Å². The quantitative estimate of drug-likeness (QED) is 0.205. The summed E-state index contributed by atoms with van der Waals surface area (Å²) in [6.07, 6.45) is -0.979. The predicted octanol–water partition coefficient (Wildman–Crippen LogP) is 4.40. The van der Waals surface area contributed by atoms with Gasteiger partial charge in [0.15, 0.2) is 0 Å². The molecule has 44 heavy (non-hydrogen) atoms. The van der Waals surface area contributed by atoms with Crippen LogP contribution in [0.25, 0.3) is 5.70 Å². The molecule has 1 saturated heterocycles. The molecule has 1 aromatic heterocycles. The largest absolute Gasteiger partial charge is 0.418 e. The molecule has 2 heterocycles. The van der Waals surface area contributed by atoms with Crippen molar-refractivity contribution in [1.82, 2.24) is 9.88 Å². The molecule has 0 unspecified atom stereocenters. The van der Waals surface area contributed by atoms with Crippen molar-refractivity contribution in [3.8, 4) is 0 Å². The molecule has 0 saturated carbocycles. The van der Waals surface area contributed by atoms with Crippen LogP contribution in [0.2, 0.25) is 0 Å². The van der Waals surface area contributed by atoms with E-state index in [1.165, 1.54) is 12.1 Å². The zero-order valence-corrected chi connectivity index (χ0v) is 25.5. The minimum absolute atomic E-state index is 0.0577. The van der Waals surface area contributed by atoms with Gasteiger partial charge >= 0.3 is 6.18 Å². The Hall–Kier alpha value is -4.33. The van der Waals surface area contributed by atoms with Crippen LogP contribution in [-0.4, -0.2) is 76.3 Å². The lowest BCUT2D eigenvalue weighted by atomic mass is 10.1. The Balaban J connectivity index is 0.000000293.